The molecule has 5 N–H and O–H groups in total. The average Bonchev–Trinajstić information content (AvgIpc) is 4.28. The molecule has 0 spiro atoms. The fourth-order valence-corrected chi connectivity index (χ4v) is 12.9. The zero-order valence-electron chi connectivity index (χ0n) is 44.8. The van der Waals surface area contributed by atoms with Crippen molar-refractivity contribution in [3.05, 3.63) is 95.6 Å². The molecule has 3 amide bonds. The molecule has 19 heteroatoms. The lowest BCUT2D eigenvalue weighted by atomic mass is 9.73. The number of aromatic nitrogens is 6. The normalized spacial score (nSPS) is 21.7. The van der Waals surface area contributed by atoms with Crippen LogP contribution in [0.15, 0.2) is 83.1 Å². The number of thiazole rings is 1. The third-order valence-corrected chi connectivity index (χ3v) is 17.8. The number of ether oxygens (including phenoxy) is 1. The summed E-state index contributed by atoms with van der Waals surface area (Å²) in [4.78, 5) is 53.2. The number of hydrogen-bond donors (Lipinski definition) is 4. The second-order valence-electron chi connectivity index (χ2n) is 22.4. The predicted octanol–water partition coefficient (Wildman–Crippen LogP) is 8.30. The summed E-state index contributed by atoms with van der Waals surface area (Å²) < 4.78 is 13.8. The number of aliphatic hydroxyl groups excluding tert-OH is 1. The van der Waals surface area contributed by atoms with Crippen molar-refractivity contribution in [3.63, 3.8) is 0 Å². The average molecular weight is 1070 g/mol. The number of anilines is 1. The number of phenolic OH excluding ortho intramolecular Hbond substituents is 1. The number of likely N-dealkylation sites (tertiary alicyclic amines) is 3. The third kappa shape index (κ3) is 12.1. The zero-order valence-corrected chi connectivity index (χ0v) is 45.6. The standard InChI is InChI=1S/C58H73N11O7S/c1-34(2)53(58(74)68-32-45(70)26-49(68)56(72)62-35(3)40-10-12-42(13-11-40)54-36(4)60-33-77-54)51-28-52(65-76-51)75-23-18-38-14-21-67(22-15-38)57(73)43-24-39(25-43)30-66-19-16-41(17-20-66)37(5)69-31-44(29-61-69)47-27-48(63-64-55(47)59)46-8-6-7-9-50(46)71/h6-13,27-29,31,33-35,37-39,41,43,45,49,53,70-71H,14-26,30,32H2,1-5H3,(H2,59,64)(H,62,72)/t35-,37+,39?,43?,45+,49-,53+/m0/s1. The summed E-state index contributed by atoms with van der Waals surface area (Å²) in [7, 11) is 0. The quantitative estimate of drug-likeness (QED) is 0.0635. The Morgan fingerprint density at radius 2 is 1.66 bits per heavy atom. The minimum atomic E-state index is -0.832. The molecule has 5 atom stereocenters. The van der Waals surface area contributed by atoms with Crippen LogP contribution in [0.1, 0.15) is 114 Å². The molecular weight excluding hydrogens is 995 g/mol. The van der Waals surface area contributed by atoms with E-state index in [1.165, 1.54) is 4.90 Å². The number of β-amino-alcohol motifs (C(OH)–C–C–N with tert-alkyl or cyclic N) is 1. The van der Waals surface area contributed by atoms with Crippen molar-refractivity contribution in [2.24, 2.45) is 29.6 Å². The number of aromatic hydroxyl groups is 1. The number of aliphatic hydroxyl groups is 1. The highest BCUT2D eigenvalue weighted by molar-refractivity contribution is 7.13. The van der Waals surface area contributed by atoms with Gasteiger partial charge in [-0.15, -0.1) is 21.5 Å². The first kappa shape index (κ1) is 53.7. The van der Waals surface area contributed by atoms with Crippen LogP contribution in [-0.2, 0) is 14.4 Å². The first-order chi connectivity index (χ1) is 37.2. The Morgan fingerprint density at radius 3 is 2.38 bits per heavy atom. The molecule has 4 aliphatic rings. The van der Waals surface area contributed by atoms with E-state index < -0.39 is 18.1 Å². The smallest absolute Gasteiger partial charge is 0.254 e. The molecule has 6 aromatic rings. The van der Waals surface area contributed by atoms with Crippen LogP contribution in [0.4, 0.5) is 5.82 Å². The number of amides is 3. The third-order valence-electron chi connectivity index (χ3n) is 16.8. The van der Waals surface area contributed by atoms with E-state index in [9.17, 15) is 24.6 Å². The number of nitrogen functional groups attached to an aromatic ring is 1. The number of nitrogens with zero attached hydrogens (tertiary/aromatic N) is 9. The van der Waals surface area contributed by atoms with E-state index in [2.05, 4.69) is 42.4 Å². The van der Waals surface area contributed by atoms with Crippen molar-refractivity contribution < 1.29 is 33.9 Å². The van der Waals surface area contributed by atoms with E-state index in [-0.39, 0.29) is 54.4 Å². The maximum absolute atomic E-state index is 14.2. The molecule has 0 radical (unpaired) electrons. The lowest BCUT2D eigenvalue weighted by Crippen LogP contribution is -2.48. The number of hydrogen-bond acceptors (Lipinski definition) is 15. The molecule has 18 nitrogen and oxygen atoms in total. The monoisotopic (exact) mass is 1070 g/mol. The topological polar surface area (TPSA) is 231 Å². The van der Waals surface area contributed by atoms with Gasteiger partial charge in [0.15, 0.2) is 11.6 Å². The number of nitrogens with two attached hydrogens (primary N) is 1. The van der Waals surface area contributed by atoms with Gasteiger partial charge in [-0.05, 0) is 137 Å². The summed E-state index contributed by atoms with van der Waals surface area (Å²) in [6.45, 7) is 15.1. The van der Waals surface area contributed by atoms with Crippen molar-refractivity contribution in [3.8, 4) is 44.5 Å². The molecule has 0 bridgehead atoms. The van der Waals surface area contributed by atoms with E-state index in [4.69, 9.17) is 20.1 Å². The Morgan fingerprint density at radius 1 is 0.909 bits per heavy atom. The van der Waals surface area contributed by atoms with Crippen molar-refractivity contribution in [1.29, 1.82) is 0 Å². The van der Waals surface area contributed by atoms with Crippen LogP contribution >= 0.6 is 11.3 Å². The number of para-hydroxylation sites is 1. The van der Waals surface area contributed by atoms with Crippen LogP contribution in [0.5, 0.6) is 11.6 Å². The van der Waals surface area contributed by atoms with E-state index >= 15 is 0 Å². The fourth-order valence-electron chi connectivity index (χ4n) is 12.1. The van der Waals surface area contributed by atoms with Gasteiger partial charge in [0, 0.05) is 67.5 Å². The van der Waals surface area contributed by atoms with Crippen LogP contribution in [0.3, 0.4) is 0 Å². The number of nitrogens with one attached hydrogen (secondary N) is 1. The molecule has 7 heterocycles. The number of carbonyl (C=O) groups excluding carboxylic acids is 3. The number of rotatable bonds is 18. The summed E-state index contributed by atoms with van der Waals surface area (Å²) in [5.41, 5.74) is 13.8. The molecule has 0 unspecified atom stereocenters. The molecule has 4 aromatic heterocycles. The first-order valence-electron chi connectivity index (χ1n) is 27.5. The van der Waals surface area contributed by atoms with Crippen molar-refractivity contribution in [1.82, 2.24) is 50.1 Å². The van der Waals surface area contributed by atoms with E-state index in [1.54, 1.807) is 35.6 Å². The van der Waals surface area contributed by atoms with E-state index in [0.29, 0.717) is 59.0 Å². The van der Waals surface area contributed by atoms with E-state index in [0.717, 1.165) is 110 Å². The minimum absolute atomic E-state index is 0.0503. The molecule has 408 valence electrons. The molecule has 4 fully saturated rings. The Balaban J connectivity index is 0.624. The maximum Gasteiger partial charge on any atom is 0.254 e. The number of carbonyl (C=O) groups is 3. The van der Waals surface area contributed by atoms with Gasteiger partial charge in [0.1, 0.15) is 17.7 Å². The summed E-state index contributed by atoms with van der Waals surface area (Å²) in [5.74, 6) is 1.49. The number of piperidine rings is 2. The maximum atomic E-state index is 14.2. The number of benzene rings is 2. The molecule has 1 aliphatic carbocycles. The molecule has 10 rings (SSSR count). The first-order valence-corrected chi connectivity index (χ1v) is 28.4. The van der Waals surface area contributed by atoms with Gasteiger partial charge in [0.05, 0.1) is 52.8 Å². The van der Waals surface area contributed by atoms with Gasteiger partial charge in [-0.25, -0.2) is 4.98 Å². The molecule has 3 saturated heterocycles. The molecule has 3 aliphatic heterocycles. The number of aryl methyl sites for hydroxylation is 1. The second kappa shape index (κ2) is 23.5. The Bertz CT molecular complexity index is 2990. The summed E-state index contributed by atoms with van der Waals surface area (Å²) >= 11 is 1.59. The summed E-state index contributed by atoms with van der Waals surface area (Å²) in [6, 6.07) is 17.7. The number of phenols is 1. The van der Waals surface area contributed by atoms with Gasteiger partial charge < -0.3 is 45.2 Å². The van der Waals surface area contributed by atoms with Gasteiger partial charge in [0.2, 0.25) is 17.7 Å². The van der Waals surface area contributed by atoms with Gasteiger partial charge in [-0.3, -0.25) is 19.1 Å². The Labute approximate surface area is 454 Å². The minimum Gasteiger partial charge on any atom is -0.507 e. The van der Waals surface area contributed by atoms with Crippen molar-refractivity contribution in [2.45, 2.75) is 116 Å². The van der Waals surface area contributed by atoms with Gasteiger partial charge in [-0.1, -0.05) is 50.2 Å². The predicted molar refractivity (Wildman–Crippen MR) is 293 cm³/mol. The molecule has 77 heavy (non-hydrogen) atoms. The highest BCUT2D eigenvalue weighted by Gasteiger charge is 2.44. The van der Waals surface area contributed by atoms with Crippen LogP contribution in [0.25, 0.3) is 32.8 Å². The highest BCUT2D eigenvalue weighted by Crippen LogP contribution is 2.40. The SMILES string of the molecule is Cc1ncsc1-c1ccc([C@H](C)NC(=O)[C@@H]2C[C@@H](O)CN2C(=O)[C@@H](c2cc(OCCC3CCN(C(=O)C4CC(CN5CCC([C@@H](C)n6cc(-c7cc(-c8ccccc8O)nnc7N)cn6)CC5)C4)CC3)no2)C(C)C)cc1. The van der Waals surface area contributed by atoms with Gasteiger partial charge in [0.25, 0.3) is 5.88 Å². The van der Waals surface area contributed by atoms with Gasteiger partial charge in [-0.2, -0.15) is 5.10 Å². The summed E-state index contributed by atoms with van der Waals surface area (Å²) in [5, 5.41) is 41.5. The summed E-state index contributed by atoms with van der Waals surface area (Å²) in [6.07, 6.45) is 9.94. The van der Waals surface area contributed by atoms with Crippen LogP contribution in [0, 0.1) is 36.5 Å². The van der Waals surface area contributed by atoms with Crippen LogP contribution in [0.2, 0.25) is 0 Å². The Hall–Kier alpha value is -6.70. The van der Waals surface area contributed by atoms with Crippen molar-refractivity contribution >= 4 is 34.9 Å². The van der Waals surface area contributed by atoms with Crippen LogP contribution in [-0.4, -0.2) is 131 Å². The van der Waals surface area contributed by atoms with E-state index in [1.807, 2.05) is 86.7 Å². The highest BCUT2D eigenvalue weighted by atomic mass is 32.1. The van der Waals surface area contributed by atoms with Crippen molar-refractivity contribution in [2.75, 3.05) is 51.6 Å². The molecular formula is C58H73N11O7S. The Kier molecular flexibility index (Phi) is 16.4. The lowest BCUT2D eigenvalue weighted by molar-refractivity contribution is -0.142. The lowest BCUT2D eigenvalue weighted by Gasteiger charge is -2.43. The largest absolute Gasteiger partial charge is 0.507 e. The molecule has 1 saturated carbocycles. The molecule has 2 aromatic carbocycles. The van der Waals surface area contributed by atoms with Crippen LogP contribution < -0.4 is 15.8 Å². The fraction of sp³-hybridized carbons (Fsp3) is 0.517. The second-order valence-corrected chi connectivity index (χ2v) is 23.2. The van der Waals surface area contributed by atoms with Gasteiger partial charge >= 0.3 is 0 Å². The zero-order chi connectivity index (χ0) is 53.9.